The number of ether oxygens (including phenoxy) is 1. The second kappa shape index (κ2) is 7.05. The van der Waals surface area contributed by atoms with Crippen molar-refractivity contribution in [3.63, 3.8) is 0 Å². The van der Waals surface area contributed by atoms with Crippen LogP contribution in [0.2, 0.25) is 0 Å². The zero-order chi connectivity index (χ0) is 14.4. The fourth-order valence-electron chi connectivity index (χ4n) is 1.77. The fraction of sp³-hybridized carbons (Fsp3) is 0.200. The number of esters is 1. The summed E-state index contributed by atoms with van der Waals surface area (Å²) in [6, 6.07) is 9.39. The third-order valence-corrected chi connectivity index (χ3v) is 3.16. The van der Waals surface area contributed by atoms with Crippen molar-refractivity contribution >= 4 is 27.6 Å². The lowest BCUT2D eigenvalue weighted by molar-refractivity contribution is -0.144. The number of benzene rings is 1. The zero-order valence-corrected chi connectivity index (χ0v) is 12.5. The van der Waals surface area contributed by atoms with Crippen molar-refractivity contribution < 1.29 is 9.53 Å². The van der Waals surface area contributed by atoms with E-state index >= 15 is 0 Å². The molecule has 0 fully saturated rings. The Kier molecular flexibility index (Phi) is 5.12. The predicted octanol–water partition coefficient (Wildman–Crippen LogP) is 3.10. The Morgan fingerprint density at radius 3 is 2.85 bits per heavy atom. The van der Waals surface area contributed by atoms with Crippen molar-refractivity contribution in [3.05, 3.63) is 58.3 Å². The average Bonchev–Trinajstić information content (AvgIpc) is 2.43. The molecular formula is C15H15BrN2O2. The van der Waals surface area contributed by atoms with Crippen LogP contribution in [-0.4, -0.2) is 11.0 Å². The molecule has 2 aromatic rings. The molecule has 0 bridgehead atoms. The number of halogens is 1. The number of nitrogen functional groups attached to an aromatic ring is 1. The van der Waals surface area contributed by atoms with Gasteiger partial charge in [-0.1, -0.05) is 12.1 Å². The maximum atomic E-state index is 11.7. The highest BCUT2D eigenvalue weighted by Crippen LogP contribution is 2.12. The van der Waals surface area contributed by atoms with Crippen LogP contribution in [0.15, 0.2) is 47.2 Å². The van der Waals surface area contributed by atoms with Gasteiger partial charge in [0.2, 0.25) is 0 Å². The number of nitrogens with two attached hydrogens (primary N) is 1. The second-order valence-electron chi connectivity index (χ2n) is 4.42. The molecule has 0 atom stereocenters. The van der Waals surface area contributed by atoms with E-state index in [4.69, 9.17) is 10.5 Å². The van der Waals surface area contributed by atoms with E-state index < -0.39 is 0 Å². The maximum Gasteiger partial charge on any atom is 0.306 e. The lowest BCUT2D eigenvalue weighted by Crippen LogP contribution is -2.06. The normalized spacial score (nSPS) is 10.2. The van der Waals surface area contributed by atoms with Crippen LogP contribution >= 0.6 is 15.9 Å². The van der Waals surface area contributed by atoms with Crippen molar-refractivity contribution in [1.29, 1.82) is 0 Å². The largest absolute Gasteiger partial charge is 0.461 e. The third-order valence-electron chi connectivity index (χ3n) is 2.73. The first-order valence-electron chi connectivity index (χ1n) is 6.23. The number of pyridine rings is 1. The number of anilines is 1. The van der Waals surface area contributed by atoms with E-state index in [0.717, 1.165) is 15.6 Å². The van der Waals surface area contributed by atoms with Gasteiger partial charge in [-0.05, 0) is 46.1 Å². The number of hydrogen-bond acceptors (Lipinski definition) is 4. The van der Waals surface area contributed by atoms with Gasteiger partial charge in [-0.3, -0.25) is 9.78 Å². The molecule has 0 spiro atoms. The number of carbonyl (C=O) groups excluding carboxylic acids is 1. The number of carbonyl (C=O) groups is 1. The highest BCUT2D eigenvalue weighted by molar-refractivity contribution is 9.10. The van der Waals surface area contributed by atoms with Gasteiger partial charge < -0.3 is 10.5 Å². The number of nitrogens with zero attached hydrogens (tertiary/aromatic N) is 1. The minimum atomic E-state index is -0.229. The minimum Gasteiger partial charge on any atom is -0.461 e. The van der Waals surface area contributed by atoms with Crippen LogP contribution < -0.4 is 5.73 Å². The summed E-state index contributed by atoms with van der Waals surface area (Å²) in [6.07, 6.45) is 4.33. The highest BCUT2D eigenvalue weighted by Gasteiger charge is 2.05. The molecule has 1 heterocycles. The molecule has 104 valence electrons. The Morgan fingerprint density at radius 2 is 2.10 bits per heavy atom. The van der Waals surface area contributed by atoms with Gasteiger partial charge in [0.05, 0.1) is 0 Å². The van der Waals surface area contributed by atoms with Crippen LogP contribution in [0.25, 0.3) is 0 Å². The van der Waals surface area contributed by atoms with Gasteiger partial charge in [-0.2, -0.15) is 0 Å². The first kappa shape index (κ1) is 14.5. The minimum absolute atomic E-state index is 0.229. The first-order chi connectivity index (χ1) is 9.63. The highest BCUT2D eigenvalue weighted by atomic mass is 79.9. The molecule has 0 radical (unpaired) electrons. The molecule has 1 aromatic carbocycles. The topological polar surface area (TPSA) is 65.2 Å². The smallest absolute Gasteiger partial charge is 0.306 e. The number of hydrogen-bond donors (Lipinski definition) is 1. The summed E-state index contributed by atoms with van der Waals surface area (Å²) < 4.78 is 6.07. The molecule has 0 unspecified atom stereocenters. The lowest BCUT2D eigenvalue weighted by atomic mass is 10.1. The van der Waals surface area contributed by atoms with E-state index in [-0.39, 0.29) is 12.6 Å². The number of aromatic nitrogens is 1. The molecule has 0 aliphatic heterocycles. The van der Waals surface area contributed by atoms with Crippen molar-refractivity contribution in [3.8, 4) is 0 Å². The molecule has 5 heteroatoms. The van der Waals surface area contributed by atoms with Gasteiger partial charge in [0.1, 0.15) is 6.61 Å². The summed E-state index contributed by atoms with van der Waals surface area (Å²) in [7, 11) is 0. The number of rotatable bonds is 5. The Bertz CT molecular complexity index is 550. The summed E-state index contributed by atoms with van der Waals surface area (Å²) >= 11 is 3.32. The molecule has 2 rings (SSSR count). The van der Waals surface area contributed by atoms with Crippen molar-refractivity contribution in [1.82, 2.24) is 4.98 Å². The summed E-state index contributed by atoms with van der Waals surface area (Å²) in [6.45, 7) is 0.238. The summed E-state index contributed by atoms with van der Waals surface area (Å²) in [4.78, 5) is 15.7. The van der Waals surface area contributed by atoms with E-state index in [9.17, 15) is 4.79 Å². The van der Waals surface area contributed by atoms with Crippen molar-refractivity contribution in [2.45, 2.75) is 19.4 Å². The first-order valence-corrected chi connectivity index (χ1v) is 7.02. The van der Waals surface area contributed by atoms with Gasteiger partial charge in [0.15, 0.2) is 0 Å². The Morgan fingerprint density at radius 1 is 1.25 bits per heavy atom. The summed E-state index contributed by atoms with van der Waals surface area (Å²) in [5.41, 5.74) is 8.28. The van der Waals surface area contributed by atoms with Crippen LogP contribution in [0.5, 0.6) is 0 Å². The lowest BCUT2D eigenvalue weighted by Gasteiger charge is -2.05. The standard InChI is InChI=1S/C15H15BrN2O2/c16-13-6-12(8-18-9-13)10-20-15(19)5-4-11-2-1-3-14(17)7-11/h1-3,6-9H,4-5,10,17H2. The quantitative estimate of drug-likeness (QED) is 0.674. The van der Waals surface area contributed by atoms with Gasteiger partial charge >= 0.3 is 5.97 Å². The molecule has 1 aromatic heterocycles. The second-order valence-corrected chi connectivity index (χ2v) is 5.33. The predicted molar refractivity (Wildman–Crippen MR) is 80.9 cm³/mol. The van der Waals surface area contributed by atoms with Gasteiger partial charge in [0.25, 0.3) is 0 Å². The van der Waals surface area contributed by atoms with E-state index in [1.807, 2.05) is 30.3 Å². The van der Waals surface area contributed by atoms with Crippen molar-refractivity contribution in [2.24, 2.45) is 0 Å². The Balaban J connectivity index is 1.78. The fourth-order valence-corrected chi connectivity index (χ4v) is 2.18. The molecule has 0 aliphatic rings. The van der Waals surface area contributed by atoms with E-state index in [1.54, 1.807) is 12.4 Å². The van der Waals surface area contributed by atoms with Crippen LogP contribution in [0.1, 0.15) is 17.5 Å². The molecule has 0 saturated carbocycles. The van der Waals surface area contributed by atoms with E-state index in [0.29, 0.717) is 18.5 Å². The van der Waals surface area contributed by atoms with E-state index in [1.165, 1.54) is 0 Å². The molecule has 20 heavy (non-hydrogen) atoms. The molecule has 2 N–H and O–H groups in total. The molecule has 0 amide bonds. The van der Waals surface area contributed by atoms with Crippen LogP contribution in [0.3, 0.4) is 0 Å². The SMILES string of the molecule is Nc1cccc(CCC(=O)OCc2cncc(Br)c2)c1. The van der Waals surface area contributed by atoms with Crippen LogP contribution in [-0.2, 0) is 22.6 Å². The van der Waals surface area contributed by atoms with Crippen LogP contribution in [0, 0.1) is 0 Å². The van der Waals surface area contributed by atoms with E-state index in [2.05, 4.69) is 20.9 Å². The molecule has 0 saturated heterocycles. The Hall–Kier alpha value is -1.88. The molecular weight excluding hydrogens is 320 g/mol. The maximum absolute atomic E-state index is 11.7. The average molecular weight is 335 g/mol. The number of aryl methyl sites for hydroxylation is 1. The van der Waals surface area contributed by atoms with Crippen molar-refractivity contribution in [2.75, 3.05) is 5.73 Å². The summed E-state index contributed by atoms with van der Waals surface area (Å²) in [5.74, 6) is -0.229. The monoisotopic (exact) mass is 334 g/mol. The van der Waals surface area contributed by atoms with Gasteiger partial charge in [-0.15, -0.1) is 0 Å². The van der Waals surface area contributed by atoms with Gasteiger partial charge in [0, 0.05) is 34.5 Å². The molecule has 4 nitrogen and oxygen atoms in total. The Labute approximate surface area is 126 Å². The zero-order valence-electron chi connectivity index (χ0n) is 10.9. The van der Waals surface area contributed by atoms with Crippen LogP contribution in [0.4, 0.5) is 5.69 Å². The summed E-state index contributed by atoms with van der Waals surface area (Å²) in [5, 5.41) is 0. The molecule has 0 aliphatic carbocycles. The third kappa shape index (κ3) is 4.66. The van der Waals surface area contributed by atoms with Gasteiger partial charge in [-0.25, -0.2) is 0 Å².